The molecule has 0 bridgehead atoms. The van der Waals surface area contributed by atoms with Gasteiger partial charge in [0.2, 0.25) is 0 Å². The van der Waals surface area contributed by atoms with Crippen molar-refractivity contribution in [1.82, 2.24) is 4.98 Å². The minimum absolute atomic E-state index is 1.15. The van der Waals surface area contributed by atoms with Crippen molar-refractivity contribution in [2.75, 3.05) is 0 Å². The quantitative estimate of drug-likeness (QED) is 0.629. The van der Waals surface area contributed by atoms with E-state index in [1.165, 1.54) is 33.2 Å². The van der Waals surface area contributed by atoms with E-state index in [0.29, 0.717) is 0 Å². The van der Waals surface area contributed by atoms with Crippen molar-refractivity contribution >= 4 is 10.9 Å². The fraction of sp³-hybridized carbons (Fsp3) is 0.357. The summed E-state index contributed by atoms with van der Waals surface area (Å²) in [6.45, 7) is 10.8. The van der Waals surface area contributed by atoms with Crippen molar-refractivity contribution in [2.24, 2.45) is 0 Å². The van der Waals surface area contributed by atoms with Crippen molar-refractivity contribution in [3.63, 3.8) is 0 Å². The summed E-state index contributed by atoms with van der Waals surface area (Å²) in [5, 5.41) is 1.30. The van der Waals surface area contributed by atoms with Crippen LogP contribution in [0.5, 0.6) is 0 Å². The van der Waals surface area contributed by atoms with Gasteiger partial charge in [-0.2, -0.15) is 0 Å². The van der Waals surface area contributed by atoms with Crippen LogP contribution in [-0.4, -0.2) is 4.98 Å². The second-order valence-electron chi connectivity index (χ2n) is 4.41. The highest BCUT2D eigenvalue weighted by Crippen LogP contribution is 2.27. The zero-order chi connectivity index (χ0) is 11.2. The Labute approximate surface area is 91.2 Å². The molecule has 0 aliphatic carbocycles. The molecule has 1 aromatic heterocycles. The Bertz CT molecular complexity index is 539. The number of aromatic nitrogens is 1. The Hall–Kier alpha value is -1.37. The van der Waals surface area contributed by atoms with Gasteiger partial charge >= 0.3 is 0 Å². The van der Waals surface area contributed by atoms with Gasteiger partial charge in [-0.15, -0.1) is 0 Å². The molecular formula is C14H17N. The van der Waals surface area contributed by atoms with Crippen molar-refractivity contribution in [3.8, 4) is 0 Å². The summed E-state index contributed by atoms with van der Waals surface area (Å²) in [5.74, 6) is 0. The third kappa shape index (κ3) is 1.43. The Kier molecular flexibility index (Phi) is 2.26. The van der Waals surface area contributed by atoms with Gasteiger partial charge in [-0.3, -0.25) is 4.98 Å². The highest BCUT2D eigenvalue weighted by Gasteiger charge is 2.09. The van der Waals surface area contributed by atoms with E-state index in [1.807, 2.05) is 6.20 Å². The van der Waals surface area contributed by atoms with Crippen molar-refractivity contribution in [2.45, 2.75) is 34.6 Å². The van der Waals surface area contributed by atoms with Crippen LogP contribution >= 0.6 is 0 Å². The molecule has 0 unspecified atom stereocenters. The van der Waals surface area contributed by atoms with Crippen LogP contribution in [0.25, 0.3) is 10.9 Å². The zero-order valence-electron chi connectivity index (χ0n) is 10.1. The van der Waals surface area contributed by atoms with Gasteiger partial charge in [0.25, 0.3) is 0 Å². The normalized spacial score (nSPS) is 11.0. The monoisotopic (exact) mass is 199 g/mol. The van der Waals surface area contributed by atoms with Crippen LogP contribution < -0.4 is 0 Å². The number of rotatable bonds is 0. The van der Waals surface area contributed by atoms with Crippen LogP contribution in [0, 0.1) is 34.6 Å². The summed E-state index contributed by atoms with van der Waals surface area (Å²) < 4.78 is 0. The number of benzene rings is 1. The van der Waals surface area contributed by atoms with Crippen molar-refractivity contribution in [3.05, 3.63) is 40.1 Å². The average Bonchev–Trinajstić information content (AvgIpc) is 2.23. The first-order chi connectivity index (χ1) is 7.02. The minimum Gasteiger partial charge on any atom is -0.256 e. The van der Waals surface area contributed by atoms with Crippen molar-refractivity contribution < 1.29 is 0 Å². The Morgan fingerprint density at radius 3 is 2.07 bits per heavy atom. The molecule has 0 radical (unpaired) electrons. The maximum atomic E-state index is 4.54. The molecule has 1 heteroatoms. The van der Waals surface area contributed by atoms with E-state index < -0.39 is 0 Å². The van der Waals surface area contributed by atoms with Gasteiger partial charge < -0.3 is 0 Å². The fourth-order valence-corrected chi connectivity index (χ4v) is 2.10. The highest BCUT2D eigenvalue weighted by molar-refractivity contribution is 5.87. The van der Waals surface area contributed by atoms with Gasteiger partial charge in [-0.1, -0.05) is 0 Å². The number of nitrogens with zero attached hydrogens (tertiary/aromatic N) is 1. The molecule has 0 spiro atoms. The van der Waals surface area contributed by atoms with Gasteiger partial charge in [0.05, 0.1) is 5.52 Å². The molecule has 0 fully saturated rings. The first-order valence-corrected chi connectivity index (χ1v) is 5.35. The number of aryl methyl sites for hydroxylation is 3. The molecule has 78 valence electrons. The van der Waals surface area contributed by atoms with Crippen molar-refractivity contribution in [1.29, 1.82) is 0 Å². The maximum Gasteiger partial charge on any atom is 0.0736 e. The maximum absolute atomic E-state index is 4.54. The third-order valence-corrected chi connectivity index (χ3v) is 3.47. The molecule has 1 heterocycles. The molecule has 0 atom stereocenters. The molecule has 15 heavy (non-hydrogen) atoms. The highest BCUT2D eigenvalue weighted by atomic mass is 14.7. The van der Waals surface area contributed by atoms with Gasteiger partial charge in [-0.25, -0.2) is 0 Å². The minimum atomic E-state index is 1.15. The SMILES string of the molecule is Cc1cnc2c(C)c(C)c(C)c(C)c2c1. The summed E-state index contributed by atoms with van der Waals surface area (Å²) in [6.07, 6.45) is 1.95. The first kappa shape index (κ1) is 10.2. The van der Waals surface area contributed by atoms with Crippen LogP contribution in [0.1, 0.15) is 27.8 Å². The largest absolute Gasteiger partial charge is 0.256 e. The van der Waals surface area contributed by atoms with E-state index in [9.17, 15) is 0 Å². The van der Waals surface area contributed by atoms with E-state index in [-0.39, 0.29) is 0 Å². The number of pyridine rings is 1. The summed E-state index contributed by atoms with van der Waals surface area (Å²) in [4.78, 5) is 4.54. The predicted octanol–water partition coefficient (Wildman–Crippen LogP) is 3.78. The third-order valence-electron chi connectivity index (χ3n) is 3.47. The number of fused-ring (bicyclic) bond motifs is 1. The molecule has 0 amide bonds. The van der Waals surface area contributed by atoms with Crippen LogP contribution in [0.2, 0.25) is 0 Å². The van der Waals surface area contributed by atoms with Gasteiger partial charge in [0.1, 0.15) is 0 Å². The topological polar surface area (TPSA) is 12.9 Å². The van der Waals surface area contributed by atoms with E-state index in [0.717, 1.165) is 5.52 Å². The van der Waals surface area contributed by atoms with E-state index in [2.05, 4.69) is 45.7 Å². The van der Waals surface area contributed by atoms with Crippen LogP contribution in [0.3, 0.4) is 0 Å². The molecule has 0 N–H and O–H groups in total. The second-order valence-corrected chi connectivity index (χ2v) is 4.41. The first-order valence-electron chi connectivity index (χ1n) is 5.35. The van der Waals surface area contributed by atoms with Crippen LogP contribution in [0.4, 0.5) is 0 Å². The lowest BCUT2D eigenvalue weighted by molar-refractivity contribution is 1.21. The van der Waals surface area contributed by atoms with E-state index in [4.69, 9.17) is 0 Å². The summed E-state index contributed by atoms with van der Waals surface area (Å²) in [7, 11) is 0. The second kappa shape index (κ2) is 3.34. The Morgan fingerprint density at radius 2 is 1.40 bits per heavy atom. The van der Waals surface area contributed by atoms with Gasteiger partial charge in [-0.05, 0) is 68.5 Å². The lowest BCUT2D eigenvalue weighted by Gasteiger charge is -2.13. The molecular weight excluding hydrogens is 182 g/mol. The molecule has 1 nitrogen and oxygen atoms in total. The molecule has 1 aromatic carbocycles. The number of hydrogen-bond acceptors (Lipinski definition) is 1. The molecule has 2 rings (SSSR count). The summed E-state index contributed by atoms with van der Waals surface area (Å²) in [5.41, 5.74) is 7.83. The molecule has 0 saturated heterocycles. The van der Waals surface area contributed by atoms with E-state index in [1.54, 1.807) is 0 Å². The molecule has 0 aliphatic rings. The number of hydrogen-bond donors (Lipinski definition) is 0. The Morgan fingerprint density at radius 1 is 0.800 bits per heavy atom. The Balaban J connectivity index is 3.00. The molecule has 2 aromatic rings. The summed E-state index contributed by atoms with van der Waals surface area (Å²) >= 11 is 0. The van der Waals surface area contributed by atoms with Gasteiger partial charge in [0, 0.05) is 11.6 Å². The predicted molar refractivity (Wildman–Crippen MR) is 65.4 cm³/mol. The van der Waals surface area contributed by atoms with Crippen LogP contribution in [0.15, 0.2) is 12.3 Å². The molecule has 0 aliphatic heterocycles. The smallest absolute Gasteiger partial charge is 0.0736 e. The van der Waals surface area contributed by atoms with Gasteiger partial charge in [0.15, 0.2) is 0 Å². The summed E-state index contributed by atoms with van der Waals surface area (Å²) in [6, 6.07) is 2.23. The lowest BCUT2D eigenvalue weighted by Crippen LogP contribution is -1.96. The van der Waals surface area contributed by atoms with E-state index >= 15 is 0 Å². The standard InChI is InChI=1S/C14H17N/c1-8-6-13-11(4)9(2)10(3)12(5)14(13)15-7-8/h6-7H,1-5H3. The lowest BCUT2D eigenvalue weighted by atomic mass is 9.94. The van der Waals surface area contributed by atoms with Crippen LogP contribution in [-0.2, 0) is 0 Å². The average molecular weight is 199 g/mol. The fourth-order valence-electron chi connectivity index (χ4n) is 2.10. The zero-order valence-corrected chi connectivity index (χ0v) is 10.1. The molecule has 0 saturated carbocycles.